The van der Waals surface area contributed by atoms with Gasteiger partial charge in [-0.3, -0.25) is 4.79 Å². The Morgan fingerprint density at radius 1 is 1.00 bits per heavy atom. The molecule has 0 bridgehead atoms. The van der Waals surface area contributed by atoms with Gasteiger partial charge in [0.15, 0.2) is 5.54 Å². The Balaban J connectivity index is 2.26. The molecular weight excluding hydrogens is 461 g/mol. The molecule has 0 radical (unpaired) electrons. The van der Waals surface area contributed by atoms with Gasteiger partial charge in [0.2, 0.25) is 5.91 Å². The van der Waals surface area contributed by atoms with E-state index in [9.17, 15) is 9.59 Å². The number of carbonyl (C=O) groups excluding carboxylic acids is 2. The van der Waals surface area contributed by atoms with E-state index in [-0.39, 0.29) is 13.0 Å². The average molecular weight is 486 g/mol. The number of rotatable bonds is 8. The van der Waals surface area contributed by atoms with Gasteiger partial charge >= 0.3 is 6.03 Å². The highest BCUT2D eigenvalue weighted by molar-refractivity contribution is 6.35. The van der Waals surface area contributed by atoms with Crippen molar-refractivity contribution in [1.82, 2.24) is 4.90 Å². The molecule has 0 saturated heterocycles. The van der Waals surface area contributed by atoms with Crippen molar-refractivity contribution in [1.29, 1.82) is 0 Å². The number of ether oxygens (including phenoxy) is 1. The van der Waals surface area contributed by atoms with Crippen LogP contribution in [0.3, 0.4) is 0 Å². The molecule has 3 amide bonds. The second-order valence-corrected chi connectivity index (χ2v) is 8.59. The first-order chi connectivity index (χ1) is 15.7. The topological polar surface area (TPSA) is 98.7 Å². The minimum absolute atomic E-state index is 0.0712. The summed E-state index contributed by atoms with van der Waals surface area (Å²) in [4.78, 5) is 27.4. The molecule has 3 aromatic carbocycles. The SMILES string of the molecule is COc1ccccc1C(Cc1ccc(C)cc1)(C(N)=O)N(Cc1ccc(Cl)cc1Cl)C(N)=O. The monoisotopic (exact) mass is 485 g/mol. The van der Waals surface area contributed by atoms with E-state index < -0.39 is 17.5 Å². The van der Waals surface area contributed by atoms with E-state index in [1.807, 2.05) is 31.2 Å². The lowest BCUT2D eigenvalue weighted by Crippen LogP contribution is -2.59. The number of aryl methyl sites for hydroxylation is 1. The summed E-state index contributed by atoms with van der Waals surface area (Å²) in [6.07, 6.45) is 0.0805. The van der Waals surface area contributed by atoms with Gasteiger partial charge in [0.1, 0.15) is 5.75 Å². The molecule has 0 spiro atoms. The first kappa shape index (κ1) is 24.4. The predicted octanol–water partition coefficient (Wildman–Crippen LogP) is 4.81. The fraction of sp³-hybridized carbons (Fsp3) is 0.200. The first-order valence-electron chi connectivity index (χ1n) is 10.2. The Kier molecular flexibility index (Phi) is 7.51. The van der Waals surface area contributed by atoms with Crippen LogP contribution in [-0.2, 0) is 23.3 Å². The quantitative estimate of drug-likeness (QED) is 0.478. The molecule has 6 nitrogen and oxygen atoms in total. The van der Waals surface area contributed by atoms with Crippen molar-refractivity contribution in [2.45, 2.75) is 25.4 Å². The number of nitrogens with two attached hydrogens (primary N) is 2. The number of urea groups is 1. The molecule has 0 fully saturated rings. The van der Waals surface area contributed by atoms with E-state index in [0.29, 0.717) is 26.9 Å². The van der Waals surface area contributed by atoms with Crippen LogP contribution in [0, 0.1) is 6.92 Å². The molecule has 3 aromatic rings. The number of para-hydroxylation sites is 1. The van der Waals surface area contributed by atoms with Gasteiger partial charge in [-0.15, -0.1) is 0 Å². The zero-order valence-corrected chi connectivity index (χ0v) is 19.9. The summed E-state index contributed by atoms with van der Waals surface area (Å²) in [6.45, 7) is 1.89. The molecule has 172 valence electrons. The van der Waals surface area contributed by atoms with Crippen molar-refractivity contribution in [2.24, 2.45) is 11.5 Å². The van der Waals surface area contributed by atoms with Gasteiger partial charge in [0, 0.05) is 22.0 Å². The lowest BCUT2D eigenvalue weighted by atomic mass is 9.80. The van der Waals surface area contributed by atoms with Gasteiger partial charge < -0.3 is 21.1 Å². The molecule has 0 saturated carbocycles. The zero-order valence-electron chi connectivity index (χ0n) is 18.3. The number of halogens is 2. The standard InChI is InChI=1S/C25H25Cl2N3O3/c1-16-7-9-17(10-8-16)14-25(23(28)31,20-5-3-4-6-22(20)33-2)30(24(29)32)15-18-11-12-19(26)13-21(18)27/h3-13H,14-15H2,1-2H3,(H2,28,31)(H2,29,32). The van der Waals surface area contributed by atoms with Gasteiger partial charge in [-0.2, -0.15) is 0 Å². The highest BCUT2D eigenvalue weighted by Gasteiger charge is 2.48. The number of primary amides is 2. The Labute approximate surface area is 203 Å². The second kappa shape index (κ2) is 10.1. The summed E-state index contributed by atoms with van der Waals surface area (Å²) in [5.41, 5.74) is 13.1. The predicted molar refractivity (Wildman–Crippen MR) is 130 cm³/mol. The van der Waals surface area contributed by atoms with Crippen LogP contribution in [0.15, 0.2) is 66.7 Å². The largest absolute Gasteiger partial charge is 0.496 e. The highest BCUT2D eigenvalue weighted by atomic mass is 35.5. The zero-order chi connectivity index (χ0) is 24.2. The van der Waals surface area contributed by atoms with Crippen LogP contribution in [-0.4, -0.2) is 23.9 Å². The number of amides is 3. The molecule has 0 aliphatic rings. The second-order valence-electron chi connectivity index (χ2n) is 7.75. The third-order valence-electron chi connectivity index (χ3n) is 5.61. The Morgan fingerprint density at radius 2 is 1.67 bits per heavy atom. The molecule has 0 heterocycles. The maximum Gasteiger partial charge on any atom is 0.316 e. The van der Waals surface area contributed by atoms with Crippen LogP contribution in [0.1, 0.15) is 22.3 Å². The maximum absolute atomic E-state index is 13.3. The van der Waals surface area contributed by atoms with Crippen molar-refractivity contribution >= 4 is 35.1 Å². The Morgan fingerprint density at radius 3 is 2.24 bits per heavy atom. The molecule has 8 heteroatoms. The number of hydrogen-bond acceptors (Lipinski definition) is 3. The number of hydrogen-bond donors (Lipinski definition) is 2. The van der Waals surface area contributed by atoms with Gasteiger partial charge in [-0.05, 0) is 36.2 Å². The van der Waals surface area contributed by atoms with Crippen LogP contribution in [0.5, 0.6) is 5.75 Å². The van der Waals surface area contributed by atoms with Crippen molar-refractivity contribution in [3.05, 3.63) is 99.0 Å². The normalized spacial score (nSPS) is 12.6. The molecular formula is C25H25Cl2N3O3. The molecule has 0 aliphatic carbocycles. The third-order valence-corrected chi connectivity index (χ3v) is 6.20. The van der Waals surface area contributed by atoms with E-state index >= 15 is 0 Å². The van der Waals surface area contributed by atoms with Crippen LogP contribution in [0.2, 0.25) is 10.0 Å². The van der Waals surface area contributed by atoms with Crippen molar-refractivity contribution in [3.8, 4) is 5.75 Å². The van der Waals surface area contributed by atoms with E-state index in [2.05, 4.69) is 0 Å². The van der Waals surface area contributed by atoms with Gasteiger partial charge in [-0.25, -0.2) is 4.79 Å². The molecule has 4 N–H and O–H groups in total. The average Bonchev–Trinajstić information content (AvgIpc) is 2.78. The van der Waals surface area contributed by atoms with Crippen LogP contribution >= 0.6 is 23.2 Å². The summed E-state index contributed by atoms with van der Waals surface area (Å²) in [6, 6.07) is 18.6. The van der Waals surface area contributed by atoms with Gasteiger partial charge in [-0.1, -0.05) is 77.3 Å². The summed E-state index contributed by atoms with van der Waals surface area (Å²) < 4.78 is 5.55. The smallest absolute Gasteiger partial charge is 0.316 e. The van der Waals surface area contributed by atoms with Crippen LogP contribution in [0.4, 0.5) is 4.79 Å². The molecule has 0 aromatic heterocycles. The number of methoxy groups -OCH3 is 1. The fourth-order valence-corrected chi connectivity index (χ4v) is 4.37. The van der Waals surface area contributed by atoms with Crippen molar-refractivity contribution < 1.29 is 14.3 Å². The Hall–Kier alpha value is -3.22. The van der Waals surface area contributed by atoms with Gasteiger partial charge in [0.25, 0.3) is 0 Å². The fourth-order valence-electron chi connectivity index (χ4n) is 3.90. The van der Waals surface area contributed by atoms with Crippen molar-refractivity contribution in [3.63, 3.8) is 0 Å². The van der Waals surface area contributed by atoms with E-state index in [1.54, 1.807) is 42.5 Å². The summed E-state index contributed by atoms with van der Waals surface area (Å²) >= 11 is 12.4. The Bertz CT molecular complexity index is 1170. The van der Waals surface area contributed by atoms with Crippen LogP contribution < -0.4 is 16.2 Å². The minimum Gasteiger partial charge on any atom is -0.496 e. The number of carbonyl (C=O) groups is 2. The molecule has 0 aliphatic heterocycles. The molecule has 1 atom stereocenters. The number of benzene rings is 3. The molecule has 3 rings (SSSR count). The minimum atomic E-state index is -1.66. The van der Waals surface area contributed by atoms with E-state index in [0.717, 1.165) is 11.1 Å². The lowest BCUT2D eigenvalue weighted by molar-refractivity contribution is -0.129. The third kappa shape index (κ3) is 5.07. The molecule has 1 unspecified atom stereocenters. The van der Waals surface area contributed by atoms with Crippen molar-refractivity contribution in [2.75, 3.05) is 7.11 Å². The summed E-state index contributed by atoms with van der Waals surface area (Å²) in [5.74, 6) is -0.353. The van der Waals surface area contributed by atoms with E-state index in [4.69, 9.17) is 39.4 Å². The maximum atomic E-state index is 13.3. The van der Waals surface area contributed by atoms with Gasteiger partial charge in [0.05, 0.1) is 13.7 Å². The summed E-state index contributed by atoms with van der Waals surface area (Å²) in [7, 11) is 1.49. The first-order valence-corrected chi connectivity index (χ1v) is 10.9. The van der Waals surface area contributed by atoms with Crippen LogP contribution in [0.25, 0.3) is 0 Å². The lowest BCUT2D eigenvalue weighted by Gasteiger charge is -2.42. The van der Waals surface area contributed by atoms with E-state index in [1.165, 1.54) is 12.0 Å². The highest BCUT2D eigenvalue weighted by Crippen LogP contribution is 2.39. The molecule has 33 heavy (non-hydrogen) atoms. The number of nitrogens with zero attached hydrogens (tertiary/aromatic N) is 1. The summed E-state index contributed by atoms with van der Waals surface area (Å²) in [5, 5.41) is 0.780.